The van der Waals surface area contributed by atoms with E-state index in [1.807, 2.05) is 60.8 Å². The smallest absolute Gasteiger partial charge is 0.109 e. The highest BCUT2D eigenvalue weighted by molar-refractivity contribution is 5.51. The molecule has 0 saturated heterocycles. The molecule has 3 nitrogen and oxygen atoms in total. The van der Waals surface area contributed by atoms with Crippen molar-refractivity contribution in [2.45, 2.75) is 38.3 Å². The molecular formula is C27H27NO2. The predicted octanol–water partition coefficient (Wildman–Crippen LogP) is 5.99. The van der Waals surface area contributed by atoms with Crippen molar-refractivity contribution in [1.82, 2.24) is 4.98 Å². The van der Waals surface area contributed by atoms with Crippen LogP contribution in [-0.2, 0) is 22.7 Å². The van der Waals surface area contributed by atoms with Crippen LogP contribution in [0.4, 0.5) is 0 Å². The predicted molar refractivity (Wildman–Crippen MR) is 121 cm³/mol. The van der Waals surface area contributed by atoms with Crippen LogP contribution in [0.1, 0.15) is 29.7 Å². The van der Waals surface area contributed by atoms with Crippen molar-refractivity contribution in [3.8, 4) is 0 Å². The monoisotopic (exact) mass is 397 g/mol. The molecule has 1 aliphatic rings. The van der Waals surface area contributed by atoms with Gasteiger partial charge in [0.1, 0.15) is 12.2 Å². The minimum atomic E-state index is -0.158. The first-order valence-electron chi connectivity index (χ1n) is 10.5. The van der Waals surface area contributed by atoms with E-state index < -0.39 is 0 Å². The molecule has 0 saturated carbocycles. The molecule has 2 aromatic carbocycles. The molecule has 3 heteroatoms. The number of benzene rings is 2. The van der Waals surface area contributed by atoms with E-state index in [2.05, 4.69) is 47.5 Å². The fraction of sp³-hybridized carbons (Fsp3) is 0.222. The SMILES string of the molecule is C1=C[C@H](OCc2ccccc2)[C@@H](OCc2ccccc2)/C(=C/c2ccccn2)CC1. The van der Waals surface area contributed by atoms with Crippen LogP contribution in [0.3, 0.4) is 0 Å². The molecule has 1 heterocycles. The second kappa shape index (κ2) is 10.7. The van der Waals surface area contributed by atoms with Crippen LogP contribution in [0.5, 0.6) is 0 Å². The molecule has 0 radical (unpaired) electrons. The lowest BCUT2D eigenvalue weighted by Crippen LogP contribution is -2.31. The zero-order valence-corrected chi connectivity index (χ0v) is 17.1. The molecule has 0 fully saturated rings. The van der Waals surface area contributed by atoms with Crippen molar-refractivity contribution in [2.75, 3.05) is 0 Å². The fourth-order valence-corrected chi connectivity index (χ4v) is 3.61. The Bertz CT molecular complexity index is 952. The lowest BCUT2D eigenvalue weighted by molar-refractivity contribution is -0.0470. The second-order valence-corrected chi connectivity index (χ2v) is 7.42. The first-order valence-corrected chi connectivity index (χ1v) is 10.5. The Kier molecular flexibility index (Phi) is 7.21. The Morgan fingerprint density at radius 2 is 1.47 bits per heavy atom. The molecule has 2 atom stereocenters. The third-order valence-electron chi connectivity index (χ3n) is 5.17. The van der Waals surface area contributed by atoms with Gasteiger partial charge in [-0.05, 0) is 47.8 Å². The molecule has 30 heavy (non-hydrogen) atoms. The number of hydrogen-bond donors (Lipinski definition) is 0. The molecule has 0 unspecified atom stereocenters. The van der Waals surface area contributed by atoms with Crippen LogP contribution in [0.25, 0.3) is 6.08 Å². The summed E-state index contributed by atoms with van der Waals surface area (Å²) in [7, 11) is 0. The lowest BCUT2D eigenvalue weighted by Gasteiger charge is -2.27. The maximum absolute atomic E-state index is 6.46. The molecule has 0 bridgehead atoms. The normalized spacial score (nSPS) is 20.2. The van der Waals surface area contributed by atoms with Gasteiger partial charge in [-0.25, -0.2) is 0 Å². The zero-order valence-electron chi connectivity index (χ0n) is 17.1. The van der Waals surface area contributed by atoms with E-state index in [0.29, 0.717) is 13.2 Å². The second-order valence-electron chi connectivity index (χ2n) is 7.42. The van der Waals surface area contributed by atoms with Crippen LogP contribution in [0, 0.1) is 0 Å². The van der Waals surface area contributed by atoms with Gasteiger partial charge in [-0.15, -0.1) is 0 Å². The summed E-state index contributed by atoms with van der Waals surface area (Å²) in [6, 6.07) is 26.5. The Morgan fingerprint density at radius 1 is 0.800 bits per heavy atom. The third-order valence-corrected chi connectivity index (χ3v) is 5.17. The van der Waals surface area contributed by atoms with Crippen LogP contribution in [0.15, 0.2) is 103 Å². The van der Waals surface area contributed by atoms with E-state index in [9.17, 15) is 0 Å². The number of pyridine rings is 1. The summed E-state index contributed by atoms with van der Waals surface area (Å²) in [5.41, 5.74) is 4.48. The fourth-order valence-electron chi connectivity index (χ4n) is 3.61. The summed E-state index contributed by atoms with van der Waals surface area (Å²) in [5.74, 6) is 0. The number of rotatable bonds is 7. The van der Waals surface area contributed by atoms with Crippen molar-refractivity contribution < 1.29 is 9.47 Å². The Morgan fingerprint density at radius 3 is 2.13 bits per heavy atom. The van der Waals surface area contributed by atoms with Gasteiger partial charge in [0, 0.05) is 6.20 Å². The molecule has 3 aromatic rings. The molecule has 4 rings (SSSR count). The molecule has 152 valence electrons. The molecular weight excluding hydrogens is 370 g/mol. The molecule has 0 N–H and O–H groups in total. The highest BCUT2D eigenvalue weighted by atomic mass is 16.5. The minimum Gasteiger partial charge on any atom is -0.366 e. The van der Waals surface area contributed by atoms with Crippen molar-refractivity contribution in [3.63, 3.8) is 0 Å². The Balaban J connectivity index is 1.56. The number of hydrogen-bond acceptors (Lipinski definition) is 3. The van der Waals surface area contributed by atoms with E-state index in [1.165, 1.54) is 5.57 Å². The van der Waals surface area contributed by atoms with Crippen molar-refractivity contribution in [1.29, 1.82) is 0 Å². The van der Waals surface area contributed by atoms with Gasteiger partial charge >= 0.3 is 0 Å². The average molecular weight is 398 g/mol. The van der Waals surface area contributed by atoms with Gasteiger partial charge in [-0.3, -0.25) is 4.98 Å². The Hall–Kier alpha value is -3.01. The molecule has 1 aromatic heterocycles. The molecule has 1 aliphatic carbocycles. The van der Waals surface area contributed by atoms with E-state index in [0.717, 1.165) is 29.7 Å². The number of allylic oxidation sites excluding steroid dienone is 1. The quantitative estimate of drug-likeness (QED) is 0.459. The van der Waals surface area contributed by atoms with Gasteiger partial charge in [-0.2, -0.15) is 0 Å². The maximum atomic E-state index is 6.46. The van der Waals surface area contributed by atoms with Crippen molar-refractivity contribution >= 4 is 6.08 Å². The number of ether oxygens (including phenoxy) is 2. The summed E-state index contributed by atoms with van der Waals surface area (Å²) in [6.45, 7) is 1.10. The highest BCUT2D eigenvalue weighted by Crippen LogP contribution is 2.27. The van der Waals surface area contributed by atoms with Crippen LogP contribution < -0.4 is 0 Å². The largest absolute Gasteiger partial charge is 0.366 e. The maximum Gasteiger partial charge on any atom is 0.109 e. The van der Waals surface area contributed by atoms with Crippen LogP contribution in [0.2, 0.25) is 0 Å². The van der Waals surface area contributed by atoms with E-state index >= 15 is 0 Å². The van der Waals surface area contributed by atoms with Crippen molar-refractivity contribution in [3.05, 3.63) is 120 Å². The van der Waals surface area contributed by atoms with Gasteiger partial charge in [-0.1, -0.05) is 78.9 Å². The minimum absolute atomic E-state index is 0.147. The Labute approximate surface area is 178 Å². The van der Waals surface area contributed by atoms with Gasteiger partial charge in [0.2, 0.25) is 0 Å². The average Bonchev–Trinajstić information content (AvgIpc) is 3.00. The topological polar surface area (TPSA) is 31.4 Å². The standard InChI is InChI=1S/C27H27NO2/c1-3-11-22(12-4-1)20-29-26-17-8-7-15-24(19-25-16-9-10-18-28-25)27(26)30-21-23-13-5-2-6-14-23/h1-6,8-14,16-19,26-27H,7,15,20-21H2/b24-19+/t26-,27-/m0/s1. The van der Waals surface area contributed by atoms with E-state index in [4.69, 9.17) is 9.47 Å². The highest BCUT2D eigenvalue weighted by Gasteiger charge is 2.27. The van der Waals surface area contributed by atoms with Crippen LogP contribution >= 0.6 is 0 Å². The number of nitrogens with zero attached hydrogens (tertiary/aromatic N) is 1. The van der Waals surface area contributed by atoms with E-state index in [1.54, 1.807) is 0 Å². The summed E-state index contributed by atoms with van der Waals surface area (Å²) in [4.78, 5) is 4.48. The van der Waals surface area contributed by atoms with Gasteiger partial charge in [0.05, 0.1) is 18.9 Å². The summed E-state index contributed by atoms with van der Waals surface area (Å²) in [5, 5.41) is 0. The molecule has 0 spiro atoms. The lowest BCUT2D eigenvalue weighted by atomic mass is 10.0. The molecule has 0 amide bonds. The van der Waals surface area contributed by atoms with Gasteiger partial charge in [0.15, 0.2) is 0 Å². The van der Waals surface area contributed by atoms with Gasteiger partial charge in [0.25, 0.3) is 0 Å². The summed E-state index contributed by atoms with van der Waals surface area (Å²) < 4.78 is 12.8. The van der Waals surface area contributed by atoms with Crippen molar-refractivity contribution in [2.24, 2.45) is 0 Å². The third kappa shape index (κ3) is 5.76. The van der Waals surface area contributed by atoms with E-state index in [-0.39, 0.29) is 12.2 Å². The van der Waals surface area contributed by atoms with Gasteiger partial charge < -0.3 is 9.47 Å². The zero-order chi connectivity index (χ0) is 20.4. The number of aromatic nitrogens is 1. The first-order chi connectivity index (χ1) is 14.9. The summed E-state index contributed by atoms with van der Waals surface area (Å²) >= 11 is 0. The summed E-state index contributed by atoms with van der Waals surface area (Å²) in [6.07, 6.45) is 9.92. The van der Waals surface area contributed by atoms with Crippen LogP contribution in [-0.4, -0.2) is 17.2 Å². The molecule has 0 aliphatic heterocycles. The first kappa shape index (κ1) is 20.3.